The van der Waals surface area contributed by atoms with Crippen LogP contribution in [0.25, 0.3) is 0 Å². The fraction of sp³-hybridized carbons (Fsp3) is 0.538. The lowest BCUT2D eigenvalue weighted by Crippen LogP contribution is -2.21. The summed E-state index contributed by atoms with van der Waals surface area (Å²) in [5.74, 6) is -1.11. The largest absolute Gasteiger partial charge is 0.419 e. The molecule has 1 nitrogen and oxygen atoms in total. The molecule has 0 aromatic heterocycles. The minimum Gasteiger partial charge on any atom is -0.317 e. The molecule has 1 N–H and O–H groups in total. The van der Waals surface area contributed by atoms with Crippen molar-refractivity contribution in [2.45, 2.75) is 37.4 Å². The molecule has 1 aliphatic carbocycles. The molecule has 0 saturated heterocycles. The van der Waals surface area contributed by atoms with Gasteiger partial charge in [-0.1, -0.05) is 6.07 Å². The molecule has 5 heteroatoms. The number of nitrogens with one attached hydrogen (secondary N) is 1. The fourth-order valence-electron chi connectivity index (χ4n) is 2.56. The van der Waals surface area contributed by atoms with E-state index >= 15 is 0 Å². The SMILES string of the molecule is CNC1CCC(c2ccc(F)c(C(F)(F)F)c2)C1. The highest BCUT2D eigenvalue weighted by Gasteiger charge is 2.35. The van der Waals surface area contributed by atoms with Crippen molar-refractivity contribution in [2.24, 2.45) is 0 Å². The van der Waals surface area contributed by atoms with E-state index in [0.717, 1.165) is 31.4 Å². The summed E-state index contributed by atoms with van der Waals surface area (Å²) in [6, 6.07) is 3.69. The lowest BCUT2D eigenvalue weighted by molar-refractivity contribution is -0.140. The van der Waals surface area contributed by atoms with Crippen molar-refractivity contribution >= 4 is 0 Å². The van der Waals surface area contributed by atoms with E-state index < -0.39 is 17.6 Å². The monoisotopic (exact) mass is 261 g/mol. The molecule has 0 heterocycles. The second kappa shape index (κ2) is 4.88. The molecular weight excluding hydrogens is 246 g/mol. The molecule has 0 radical (unpaired) electrons. The van der Waals surface area contributed by atoms with E-state index in [0.29, 0.717) is 11.6 Å². The molecule has 18 heavy (non-hydrogen) atoms. The van der Waals surface area contributed by atoms with Gasteiger partial charge in [0.25, 0.3) is 0 Å². The van der Waals surface area contributed by atoms with Crippen LogP contribution in [0.5, 0.6) is 0 Å². The Bertz CT molecular complexity index is 427. The first-order valence-electron chi connectivity index (χ1n) is 5.95. The number of rotatable bonds is 2. The number of benzene rings is 1. The standard InChI is InChI=1S/C13H15F4N/c1-18-10-4-2-8(6-10)9-3-5-12(14)11(7-9)13(15,16)17/h3,5,7-8,10,18H,2,4,6H2,1H3. The van der Waals surface area contributed by atoms with Crippen LogP contribution in [0.15, 0.2) is 18.2 Å². The Morgan fingerprint density at radius 2 is 1.94 bits per heavy atom. The van der Waals surface area contributed by atoms with Gasteiger partial charge in [0, 0.05) is 6.04 Å². The van der Waals surface area contributed by atoms with Gasteiger partial charge < -0.3 is 5.32 Å². The minimum absolute atomic E-state index is 0.0872. The predicted molar refractivity (Wildman–Crippen MR) is 60.8 cm³/mol. The molecule has 100 valence electrons. The summed E-state index contributed by atoms with van der Waals surface area (Å²) >= 11 is 0. The van der Waals surface area contributed by atoms with Gasteiger partial charge in [0.05, 0.1) is 5.56 Å². The summed E-state index contributed by atoms with van der Waals surface area (Å²) in [6.45, 7) is 0. The molecule has 0 amide bonds. The van der Waals surface area contributed by atoms with Crippen LogP contribution < -0.4 is 5.32 Å². The van der Waals surface area contributed by atoms with Crippen LogP contribution in [0.1, 0.15) is 36.3 Å². The summed E-state index contributed by atoms with van der Waals surface area (Å²) in [5.41, 5.74) is -0.575. The molecule has 1 saturated carbocycles. The molecule has 0 spiro atoms. The highest BCUT2D eigenvalue weighted by Crippen LogP contribution is 2.38. The second-order valence-electron chi connectivity index (χ2n) is 4.73. The zero-order chi connectivity index (χ0) is 13.3. The Hall–Kier alpha value is -1.10. The van der Waals surface area contributed by atoms with Gasteiger partial charge in [-0.15, -0.1) is 0 Å². The van der Waals surface area contributed by atoms with Crippen molar-refractivity contribution in [3.05, 3.63) is 35.1 Å². The van der Waals surface area contributed by atoms with Crippen molar-refractivity contribution in [3.8, 4) is 0 Å². The van der Waals surface area contributed by atoms with E-state index in [4.69, 9.17) is 0 Å². The van der Waals surface area contributed by atoms with Crippen LogP contribution in [-0.4, -0.2) is 13.1 Å². The van der Waals surface area contributed by atoms with Crippen molar-refractivity contribution in [1.29, 1.82) is 0 Å². The Kier molecular flexibility index (Phi) is 3.61. The topological polar surface area (TPSA) is 12.0 Å². The van der Waals surface area contributed by atoms with Crippen molar-refractivity contribution in [3.63, 3.8) is 0 Å². The molecule has 2 atom stereocenters. The first kappa shape index (κ1) is 13.3. The summed E-state index contributed by atoms with van der Waals surface area (Å²) in [4.78, 5) is 0. The second-order valence-corrected chi connectivity index (χ2v) is 4.73. The Labute approximate surface area is 103 Å². The lowest BCUT2D eigenvalue weighted by atomic mass is 9.95. The molecule has 1 aromatic rings. The molecular formula is C13H15F4N. The summed E-state index contributed by atoms with van der Waals surface area (Å²) in [5, 5.41) is 3.12. The van der Waals surface area contributed by atoms with Crippen LogP contribution in [0.3, 0.4) is 0 Å². The minimum atomic E-state index is -4.62. The summed E-state index contributed by atoms with van der Waals surface area (Å²) in [6.07, 6.45) is -2.03. The Balaban J connectivity index is 2.25. The zero-order valence-corrected chi connectivity index (χ0v) is 10.0. The molecule has 0 bridgehead atoms. The van der Waals surface area contributed by atoms with Gasteiger partial charge in [-0.05, 0) is 49.9 Å². The number of hydrogen-bond acceptors (Lipinski definition) is 1. The Morgan fingerprint density at radius 1 is 1.22 bits per heavy atom. The van der Waals surface area contributed by atoms with Gasteiger partial charge in [0.1, 0.15) is 5.82 Å². The van der Waals surface area contributed by atoms with Gasteiger partial charge in [0.15, 0.2) is 0 Å². The highest BCUT2D eigenvalue weighted by molar-refractivity contribution is 5.30. The van der Waals surface area contributed by atoms with Crippen molar-refractivity contribution in [2.75, 3.05) is 7.05 Å². The third-order valence-corrected chi connectivity index (χ3v) is 3.61. The van der Waals surface area contributed by atoms with Gasteiger partial charge >= 0.3 is 6.18 Å². The van der Waals surface area contributed by atoms with E-state index in [-0.39, 0.29) is 5.92 Å². The number of hydrogen-bond donors (Lipinski definition) is 1. The van der Waals surface area contributed by atoms with Gasteiger partial charge in [-0.2, -0.15) is 13.2 Å². The normalized spacial score (nSPS) is 24.5. The molecule has 1 aromatic carbocycles. The molecule has 0 aliphatic heterocycles. The van der Waals surface area contributed by atoms with E-state index in [1.165, 1.54) is 6.07 Å². The van der Waals surface area contributed by atoms with Crippen LogP contribution in [0.2, 0.25) is 0 Å². The van der Waals surface area contributed by atoms with E-state index in [9.17, 15) is 17.6 Å². The fourth-order valence-corrected chi connectivity index (χ4v) is 2.56. The van der Waals surface area contributed by atoms with Crippen LogP contribution in [0, 0.1) is 5.82 Å². The van der Waals surface area contributed by atoms with Crippen LogP contribution in [-0.2, 0) is 6.18 Å². The van der Waals surface area contributed by atoms with Gasteiger partial charge in [-0.3, -0.25) is 0 Å². The van der Waals surface area contributed by atoms with E-state index in [2.05, 4.69) is 5.32 Å². The van der Waals surface area contributed by atoms with Crippen molar-refractivity contribution < 1.29 is 17.6 Å². The summed E-state index contributed by atoms with van der Waals surface area (Å²) < 4.78 is 51.0. The molecule has 1 aliphatic rings. The first-order valence-corrected chi connectivity index (χ1v) is 5.95. The molecule has 2 unspecified atom stereocenters. The van der Waals surface area contributed by atoms with Crippen LogP contribution >= 0.6 is 0 Å². The number of alkyl halides is 3. The predicted octanol–water partition coefficient (Wildman–Crippen LogP) is 3.70. The lowest BCUT2D eigenvalue weighted by Gasteiger charge is -2.14. The average Bonchev–Trinajstić information content (AvgIpc) is 2.76. The molecule has 1 fully saturated rings. The average molecular weight is 261 g/mol. The van der Waals surface area contributed by atoms with Crippen molar-refractivity contribution in [1.82, 2.24) is 5.32 Å². The zero-order valence-electron chi connectivity index (χ0n) is 10.0. The van der Waals surface area contributed by atoms with E-state index in [1.807, 2.05) is 7.05 Å². The van der Waals surface area contributed by atoms with Crippen LogP contribution in [0.4, 0.5) is 17.6 Å². The third-order valence-electron chi connectivity index (χ3n) is 3.61. The first-order chi connectivity index (χ1) is 8.41. The highest BCUT2D eigenvalue weighted by atomic mass is 19.4. The molecule has 2 rings (SSSR count). The smallest absolute Gasteiger partial charge is 0.317 e. The Morgan fingerprint density at radius 3 is 2.50 bits per heavy atom. The maximum Gasteiger partial charge on any atom is 0.419 e. The van der Waals surface area contributed by atoms with Gasteiger partial charge in [0.2, 0.25) is 0 Å². The maximum atomic E-state index is 13.2. The maximum absolute atomic E-state index is 13.2. The van der Waals surface area contributed by atoms with E-state index in [1.54, 1.807) is 0 Å². The quantitative estimate of drug-likeness (QED) is 0.800. The summed E-state index contributed by atoms with van der Waals surface area (Å²) in [7, 11) is 1.85. The number of halogens is 4. The third kappa shape index (κ3) is 2.66. The van der Waals surface area contributed by atoms with Gasteiger partial charge in [-0.25, -0.2) is 4.39 Å².